The number of aryl methyl sites for hydroxylation is 1. The minimum absolute atomic E-state index is 0.0287. The highest BCUT2D eigenvalue weighted by atomic mass is 19.1. The first-order valence-electron chi connectivity index (χ1n) is 13.1. The van der Waals surface area contributed by atoms with Gasteiger partial charge in [0.25, 0.3) is 0 Å². The molecule has 2 aromatic carbocycles. The number of nitrogens with one attached hydrogen (secondary N) is 3. The van der Waals surface area contributed by atoms with Gasteiger partial charge < -0.3 is 20.7 Å². The van der Waals surface area contributed by atoms with Crippen LogP contribution in [-0.2, 0) is 4.79 Å². The van der Waals surface area contributed by atoms with Crippen LogP contribution in [0, 0.1) is 12.8 Å². The summed E-state index contributed by atoms with van der Waals surface area (Å²) in [5.74, 6) is 2.03. The van der Waals surface area contributed by atoms with Crippen molar-refractivity contribution in [3.05, 3.63) is 72.6 Å². The Kier molecular flexibility index (Phi) is 6.64. The topological polar surface area (TPSA) is 88.2 Å². The smallest absolute Gasteiger partial charge is 0.227 e. The van der Waals surface area contributed by atoms with Crippen LogP contribution in [0.15, 0.2) is 67.0 Å². The zero-order chi connectivity index (χ0) is 26.1. The van der Waals surface area contributed by atoms with Crippen LogP contribution in [-0.4, -0.2) is 41.2 Å². The van der Waals surface area contributed by atoms with Crippen molar-refractivity contribution in [2.75, 3.05) is 23.7 Å². The number of carbonyl (C=O) groups excluding carboxylic acids is 1. The van der Waals surface area contributed by atoms with Gasteiger partial charge in [-0.1, -0.05) is 24.3 Å². The monoisotopic (exact) mass is 511 g/mol. The molecule has 3 heterocycles. The number of hydrogen-bond donors (Lipinski definition) is 3. The van der Waals surface area contributed by atoms with E-state index in [1.54, 1.807) is 12.4 Å². The summed E-state index contributed by atoms with van der Waals surface area (Å²) in [6, 6.07) is 17.5. The molecule has 6 rings (SSSR count). The summed E-state index contributed by atoms with van der Waals surface area (Å²) >= 11 is 0. The molecule has 2 aliphatic rings. The number of nitrogens with zero attached hydrogens (tertiary/aromatic N) is 2. The van der Waals surface area contributed by atoms with Crippen molar-refractivity contribution in [2.45, 2.75) is 38.4 Å². The van der Waals surface area contributed by atoms with Crippen LogP contribution in [0.4, 0.5) is 15.9 Å². The third kappa shape index (κ3) is 5.17. The quantitative estimate of drug-likeness (QED) is 0.288. The van der Waals surface area contributed by atoms with Gasteiger partial charge in [-0.15, -0.1) is 0 Å². The van der Waals surface area contributed by atoms with Crippen LogP contribution >= 0.6 is 0 Å². The number of aromatic nitrogens is 2. The predicted molar refractivity (Wildman–Crippen MR) is 147 cm³/mol. The van der Waals surface area contributed by atoms with Crippen LogP contribution in [0.5, 0.6) is 11.6 Å². The average Bonchev–Trinajstić information content (AvgIpc) is 3.77. The summed E-state index contributed by atoms with van der Waals surface area (Å²) in [7, 11) is 0. The zero-order valence-corrected chi connectivity index (χ0v) is 21.2. The van der Waals surface area contributed by atoms with Crippen molar-refractivity contribution >= 4 is 28.2 Å². The van der Waals surface area contributed by atoms with Crippen molar-refractivity contribution in [1.82, 2.24) is 15.3 Å². The SMILES string of the molecule is Cc1cc(NC(=O)C2CC2)c2ccccc2c1Oc1ncccc1-c1ccnc(N[C@@H]2CNC[C@H](F)C2)c1. The number of rotatable bonds is 7. The lowest BCUT2D eigenvalue weighted by Crippen LogP contribution is -2.44. The van der Waals surface area contributed by atoms with Crippen molar-refractivity contribution in [1.29, 1.82) is 0 Å². The van der Waals surface area contributed by atoms with E-state index < -0.39 is 6.17 Å². The fraction of sp³-hybridized carbons (Fsp3) is 0.300. The van der Waals surface area contributed by atoms with Crippen LogP contribution in [0.25, 0.3) is 21.9 Å². The van der Waals surface area contributed by atoms with E-state index in [0.29, 0.717) is 37.0 Å². The van der Waals surface area contributed by atoms with Crippen molar-refractivity contribution in [3.63, 3.8) is 0 Å². The molecule has 2 aromatic heterocycles. The fourth-order valence-corrected chi connectivity index (χ4v) is 4.98. The van der Waals surface area contributed by atoms with Gasteiger partial charge in [-0.2, -0.15) is 0 Å². The van der Waals surface area contributed by atoms with Gasteiger partial charge in [-0.05, 0) is 61.2 Å². The molecule has 1 saturated carbocycles. The largest absolute Gasteiger partial charge is 0.437 e. The van der Waals surface area contributed by atoms with E-state index >= 15 is 0 Å². The second kappa shape index (κ2) is 10.4. The molecular weight excluding hydrogens is 481 g/mol. The van der Waals surface area contributed by atoms with E-state index in [-0.39, 0.29) is 17.9 Å². The van der Waals surface area contributed by atoms with Gasteiger partial charge in [0.05, 0.1) is 0 Å². The molecule has 8 heteroatoms. The molecule has 194 valence electrons. The molecule has 0 unspecified atom stereocenters. The number of pyridine rings is 2. The van der Waals surface area contributed by atoms with Gasteiger partial charge in [0, 0.05) is 65.9 Å². The molecular formula is C30H30FN5O2. The number of alkyl halides is 1. The number of benzene rings is 2. The standard InChI is InChI=1S/C30H30FN5O2/c1-18-13-26(36-29(37)19-8-9-19)24-5-2-3-6-25(24)28(18)38-30-23(7-4-11-34-30)20-10-12-33-27(14-20)35-22-15-21(31)16-32-17-22/h2-7,10-14,19,21-22,32H,8-9,15-17H2,1H3,(H,33,35)(H,36,37)/t21-,22+/m1/s1. The maximum atomic E-state index is 13.8. The van der Waals surface area contributed by atoms with Gasteiger partial charge >= 0.3 is 0 Å². The third-order valence-corrected chi connectivity index (χ3v) is 7.08. The molecule has 1 saturated heterocycles. The first-order valence-corrected chi connectivity index (χ1v) is 13.1. The van der Waals surface area contributed by atoms with E-state index in [1.807, 2.05) is 61.5 Å². The van der Waals surface area contributed by atoms with Crippen LogP contribution in [0.2, 0.25) is 0 Å². The number of halogens is 1. The van der Waals surface area contributed by atoms with E-state index in [2.05, 4.69) is 25.9 Å². The van der Waals surface area contributed by atoms with Gasteiger partial charge in [0.2, 0.25) is 11.8 Å². The summed E-state index contributed by atoms with van der Waals surface area (Å²) in [5, 5.41) is 11.4. The Morgan fingerprint density at radius 2 is 1.87 bits per heavy atom. The lowest BCUT2D eigenvalue weighted by atomic mass is 10.0. The number of hydrogen-bond acceptors (Lipinski definition) is 6. The third-order valence-electron chi connectivity index (χ3n) is 7.08. The number of ether oxygens (including phenoxy) is 1. The van der Waals surface area contributed by atoms with Crippen LogP contribution in [0.1, 0.15) is 24.8 Å². The summed E-state index contributed by atoms with van der Waals surface area (Å²) in [6.07, 6.45) is 4.92. The van der Waals surface area contributed by atoms with Crippen LogP contribution < -0.4 is 20.7 Å². The molecule has 4 aromatic rings. The number of fused-ring (bicyclic) bond motifs is 1. The molecule has 1 amide bonds. The Balaban J connectivity index is 1.31. The van der Waals surface area contributed by atoms with E-state index in [1.165, 1.54) is 0 Å². The Labute approximate surface area is 220 Å². The fourth-order valence-electron chi connectivity index (χ4n) is 4.98. The number of anilines is 2. The Bertz CT molecular complexity index is 1490. The zero-order valence-electron chi connectivity index (χ0n) is 21.2. The molecule has 1 aliphatic carbocycles. The van der Waals surface area contributed by atoms with E-state index in [4.69, 9.17) is 4.74 Å². The maximum Gasteiger partial charge on any atom is 0.227 e. The molecule has 2 fully saturated rings. The van der Waals surface area contributed by atoms with E-state index in [9.17, 15) is 9.18 Å². The Hall–Kier alpha value is -4.04. The highest BCUT2D eigenvalue weighted by Gasteiger charge is 2.30. The highest BCUT2D eigenvalue weighted by molar-refractivity contribution is 6.06. The number of carbonyl (C=O) groups is 1. The first kappa shape index (κ1) is 24.3. The molecule has 3 N–H and O–H groups in total. The summed E-state index contributed by atoms with van der Waals surface area (Å²) in [5.41, 5.74) is 3.40. The predicted octanol–water partition coefficient (Wildman–Crippen LogP) is 5.86. The summed E-state index contributed by atoms with van der Waals surface area (Å²) in [6.45, 7) is 3.06. The molecule has 2 atom stereocenters. The summed E-state index contributed by atoms with van der Waals surface area (Å²) < 4.78 is 20.3. The lowest BCUT2D eigenvalue weighted by Gasteiger charge is -2.27. The minimum atomic E-state index is -0.866. The molecule has 38 heavy (non-hydrogen) atoms. The second-order valence-electron chi connectivity index (χ2n) is 10.1. The second-order valence-corrected chi connectivity index (χ2v) is 10.1. The molecule has 1 aliphatic heterocycles. The van der Waals surface area contributed by atoms with Gasteiger partial charge in [0.1, 0.15) is 17.7 Å². The summed E-state index contributed by atoms with van der Waals surface area (Å²) in [4.78, 5) is 21.5. The number of amides is 1. The van der Waals surface area contributed by atoms with Gasteiger partial charge in [-0.3, -0.25) is 4.79 Å². The van der Waals surface area contributed by atoms with Crippen molar-refractivity contribution in [3.8, 4) is 22.8 Å². The van der Waals surface area contributed by atoms with Gasteiger partial charge in [-0.25, -0.2) is 14.4 Å². The van der Waals surface area contributed by atoms with Crippen LogP contribution in [0.3, 0.4) is 0 Å². The molecule has 0 radical (unpaired) electrons. The normalized spacial score (nSPS) is 19.2. The molecule has 0 spiro atoms. The molecule has 0 bridgehead atoms. The van der Waals surface area contributed by atoms with Crippen molar-refractivity contribution in [2.24, 2.45) is 5.92 Å². The number of piperidine rings is 1. The average molecular weight is 512 g/mol. The first-order chi connectivity index (χ1) is 18.5. The van der Waals surface area contributed by atoms with Crippen molar-refractivity contribution < 1.29 is 13.9 Å². The lowest BCUT2D eigenvalue weighted by molar-refractivity contribution is -0.117. The maximum absolute atomic E-state index is 13.8. The minimum Gasteiger partial charge on any atom is -0.437 e. The van der Waals surface area contributed by atoms with E-state index in [0.717, 1.165) is 46.0 Å². The van der Waals surface area contributed by atoms with Gasteiger partial charge in [0.15, 0.2) is 0 Å². The highest BCUT2D eigenvalue weighted by Crippen LogP contribution is 2.40. The molecule has 7 nitrogen and oxygen atoms in total. The Morgan fingerprint density at radius 3 is 2.68 bits per heavy atom. The Morgan fingerprint density at radius 1 is 1.03 bits per heavy atom.